The van der Waals surface area contributed by atoms with Crippen LogP contribution in [-0.2, 0) is 11.2 Å². The van der Waals surface area contributed by atoms with Crippen molar-refractivity contribution in [2.75, 3.05) is 0 Å². The lowest BCUT2D eigenvalue weighted by molar-refractivity contribution is -0.123. The van der Waals surface area contributed by atoms with Gasteiger partial charge in [-0.3, -0.25) is 9.78 Å². The molecule has 2 unspecified atom stereocenters. The summed E-state index contributed by atoms with van der Waals surface area (Å²) in [5.41, 5.74) is 7.62. The van der Waals surface area contributed by atoms with Gasteiger partial charge in [-0.25, -0.2) is 0 Å². The van der Waals surface area contributed by atoms with E-state index in [1.54, 1.807) is 30.5 Å². The fourth-order valence-electron chi connectivity index (χ4n) is 2.01. The highest BCUT2D eigenvalue weighted by Crippen LogP contribution is 2.12. The SMILES string of the molecule is CC(NC(=O)C(N)Cc1ccc(O)cc1)c1ccccn1. The number of amides is 1. The summed E-state index contributed by atoms with van der Waals surface area (Å²) in [4.78, 5) is 16.3. The van der Waals surface area contributed by atoms with Crippen LogP contribution in [0.4, 0.5) is 0 Å². The lowest BCUT2D eigenvalue weighted by Gasteiger charge is -2.17. The Hall–Kier alpha value is -2.40. The molecule has 0 aliphatic heterocycles. The van der Waals surface area contributed by atoms with Crippen molar-refractivity contribution in [2.45, 2.75) is 25.4 Å². The third-order valence-electron chi connectivity index (χ3n) is 3.22. The Morgan fingerprint density at radius 2 is 2.00 bits per heavy atom. The quantitative estimate of drug-likeness (QED) is 0.777. The highest BCUT2D eigenvalue weighted by atomic mass is 16.3. The van der Waals surface area contributed by atoms with Crippen LogP contribution in [0, 0.1) is 0 Å². The van der Waals surface area contributed by atoms with Gasteiger partial charge in [0.1, 0.15) is 5.75 Å². The van der Waals surface area contributed by atoms with Crippen molar-refractivity contribution in [1.82, 2.24) is 10.3 Å². The van der Waals surface area contributed by atoms with Gasteiger partial charge in [0, 0.05) is 6.20 Å². The molecule has 0 saturated heterocycles. The molecule has 1 heterocycles. The van der Waals surface area contributed by atoms with E-state index in [4.69, 9.17) is 5.73 Å². The van der Waals surface area contributed by atoms with Crippen molar-refractivity contribution in [3.05, 3.63) is 59.9 Å². The summed E-state index contributed by atoms with van der Waals surface area (Å²) < 4.78 is 0. The Labute approximate surface area is 123 Å². The molecule has 2 aromatic rings. The number of hydrogen-bond acceptors (Lipinski definition) is 4. The lowest BCUT2D eigenvalue weighted by atomic mass is 10.1. The monoisotopic (exact) mass is 285 g/mol. The molecule has 110 valence electrons. The predicted molar refractivity (Wildman–Crippen MR) is 80.6 cm³/mol. The van der Waals surface area contributed by atoms with Gasteiger partial charge in [0.2, 0.25) is 5.91 Å². The number of phenolic OH excluding ortho intramolecular Hbond substituents is 1. The molecule has 1 aromatic carbocycles. The van der Waals surface area contributed by atoms with Crippen LogP contribution in [0.3, 0.4) is 0 Å². The van der Waals surface area contributed by atoms with Crippen LogP contribution in [0.15, 0.2) is 48.7 Å². The minimum absolute atomic E-state index is 0.190. The molecule has 0 aliphatic carbocycles. The Morgan fingerprint density at radius 1 is 1.29 bits per heavy atom. The maximum Gasteiger partial charge on any atom is 0.237 e. The molecule has 2 atom stereocenters. The van der Waals surface area contributed by atoms with Crippen molar-refractivity contribution in [2.24, 2.45) is 5.73 Å². The summed E-state index contributed by atoms with van der Waals surface area (Å²) in [6.07, 6.45) is 2.11. The normalized spacial score (nSPS) is 13.4. The van der Waals surface area contributed by atoms with E-state index in [9.17, 15) is 9.90 Å². The van der Waals surface area contributed by atoms with Crippen LogP contribution in [0.2, 0.25) is 0 Å². The number of aromatic nitrogens is 1. The average Bonchev–Trinajstić information content (AvgIpc) is 2.50. The van der Waals surface area contributed by atoms with Gasteiger partial charge in [0.25, 0.3) is 0 Å². The molecular weight excluding hydrogens is 266 g/mol. The summed E-state index contributed by atoms with van der Waals surface area (Å²) in [7, 11) is 0. The molecule has 5 nitrogen and oxygen atoms in total. The number of pyridine rings is 1. The first-order chi connectivity index (χ1) is 10.1. The van der Waals surface area contributed by atoms with Crippen LogP contribution >= 0.6 is 0 Å². The Balaban J connectivity index is 1.92. The summed E-state index contributed by atoms with van der Waals surface area (Å²) >= 11 is 0. The molecule has 0 spiro atoms. The fraction of sp³-hybridized carbons (Fsp3) is 0.250. The Bertz CT molecular complexity index is 584. The number of aromatic hydroxyl groups is 1. The number of carbonyl (C=O) groups excluding carboxylic acids is 1. The molecular formula is C16H19N3O2. The molecule has 5 heteroatoms. The second-order valence-electron chi connectivity index (χ2n) is 4.96. The van der Waals surface area contributed by atoms with Crippen molar-refractivity contribution in [3.8, 4) is 5.75 Å². The third-order valence-corrected chi connectivity index (χ3v) is 3.22. The molecule has 0 radical (unpaired) electrons. The minimum atomic E-state index is -0.638. The number of nitrogens with two attached hydrogens (primary N) is 1. The maximum absolute atomic E-state index is 12.1. The number of phenols is 1. The number of hydrogen-bond donors (Lipinski definition) is 3. The van der Waals surface area contributed by atoms with Crippen molar-refractivity contribution in [3.63, 3.8) is 0 Å². The van der Waals surface area contributed by atoms with Gasteiger partial charge in [-0.1, -0.05) is 18.2 Å². The van der Waals surface area contributed by atoms with E-state index in [2.05, 4.69) is 10.3 Å². The van der Waals surface area contributed by atoms with Crippen molar-refractivity contribution >= 4 is 5.91 Å². The van der Waals surface area contributed by atoms with Crippen LogP contribution in [-0.4, -0.2) is 22.0 Å². The van der Waals surface area contributed by atoms with Crippen molar-refractivity contribution in [1.29, 1.82) is 0 Å². The molecule has 0 fully saturated rings. The molecule has 0 saturated carbocycles. The fourth-order valence-corrected chi connectivity index (χ4v) is 2.01. The van der Waals surface area contributed by atoms with E-state index in [1.807, 2.05) is 25.1 Å². The van der Waals surface area contributed by atoms with E-state index in [-0.39, 0.29) is 17.7 Å². The number of carbonyl (C=O) groups is 1. The first-order valence-corrected chi connectivity index (χ1v) is 6.81. The first kappa shape index (κ1) is 15.0. The average molecular weight is 285 g/mol. The van der Waals surface area contributed by atoms with Crippen LogP contribution in [0.25, 0.3) is 0 Å². The minimum Gasteiger partial charge on any atom is -0.508 e. The van der Waals surface area contributed by atoms with Gasteiger partial charge in [-0.15, -0.1) is 0 Å². The third kappa shape index (κ3) is 4.29. The molecule has 1 amide bonds. The standard InChI is InChI=1S/C16H19N3O2/c1-11(15-4-2-3-9-18-15)19-16(21)14(17)10-12-5-7-13(20)8-6-12/h2-9,11,14,20H,10,17H2,1H3,(H,19,21). The van der Waals surface area contributed by atoms with Crippen LogP contribution in [0.5, 0.6) is 5.75 Å². The summed E-state index contributed by atoms with van der Waals surface area (Å²) in [5.74, 6) is -0.0261. The van der Waals surface area contributed by atoms with Gasteiger partial charge >= 0.3 is 0 Å². The topological polar surface area (TPSA) is 88.2 Å². The van der Waals surface area contributed by atoms with Gasteiger partial charge in [-0.05, 0) is 43.2 Å². The second kappa shape index (κ2) is 6.85. The van der Waals surface area contributed by atoms with E-state index < -0.39 is 6.04 Å². The van der Waals surface area contributed by atoms with E-state index in [1.165, 1.54) is 0 Å². The Kier molecular flexibility index (Phi) is 4.90. The largest absolute Gasteiger partial charge is 0.508 e. The molecule has 1 aromatic heterocycles. The van der Waals surface area contributed by atoms with Gasteiger partial charge in [0.05, 0.1) is 17.8 Å². The summed E-state index contributed by atoms with van der Waals surface area (Å²) in [5, 5.41) is 12.1. The molecule has 2 rings (SSSR count). The summed E-state index contributed by atoms with van der Waals surface area (Å²) in [6, 6.07) is 11.4. The van der Waals surface area contributed by atoms with E-state index in [0.29, 0.717) is 6.42 Å². The highest BCUT2D eigenvalue weighted by molar-refractivity contribution is 5.82. The smallest absolute Gasteiger partial charge is 0.237 e. The lowest BCUT2D eigenvalue weighted by Crippen LogP contribution is -2.43. The number of nitrogens with zero attached hydrogens (tertiary/aromatic N) is 1. The van der Waals surface area contributed by atoms with Gasteiger partial charge in [-0.2, -0.15) is 0 Å². The number of nitrogens with one attached hydrogen (secondary N) is 1. The zero-order valence-corrected chi connectivity index (χ0v) is 11.9. The predicted octanol–water partition coefficient (Wildman–Crippen LogP) is 1.53. The number of benzene rings is 1. The van der Waals surface area contributed by atoms with E-state index in [0.717, 1.165) is 11.3 Å². The molecule has 21 heavy (non-hydrogen) atoms. The van der Waals surface area contributed by atoms with Crippen LogP contribution < -0.4 is 11.1 Å². The highest BCUT2D eigenvalue weighted by Gasteiger charge is 2.17. The van der Waals surface area contributed by atoms with Gasteiger partial charge in [0.15, 0.2) is 0 Å². The zero-order valence-electron chi connectivity index (χ0n) is 11.9. The van der Waals surface area contributed by atoms with Crippen molar-refractivity contribution < 1.29 is 9.90 Å². The molecule has 0 aliphatic rings. The van der Waals surface area contributed by atoms with Crippen LogP contribution in [0.1, 0.15) is 24.2 Å². The van der Waals surface area contributed by atoms with E-state index >= 15 is 0 Å². The first-order valence-electron chi connectivity index (χ1n) is 6.81. The van der Waals surface area contributed by atoms with Gasteiger partial charge < -0.3 is 16.2 Å². The Morgan fingerprint density at radius 3 is 2.62 bits per heavy atom. The molecule has 0 bridgehead atoms. The zero-order chi connectivity index (χ0) is 15.2. The summed E-state index contributed by atoms with van der Waals surface area (Å²) in [6.45, 7) is 1.87. The molecule has 4 N–H and O–H groups in total. The maximum atomic E-state index is 12.1. The second-order valence-corrected chi connectivity index (χ2v) is 4.96. The number of rotatable bonds is 5.